The fourth-order valence-electron chi connectivity index (χ4n) is 3.80. The molecule has 0 bridgehead atoms. The number of benzene rings is 1. The van der Waals surface area contributed by atoms with Gasteiger partial charge in [-0.25, -0.2) is 5.01 Å². The summed E-state index contributed by atoms with van der Waals surface area (Å²) in [5, 5.41) is 12.0. The molecule has 0 spiro atoms. The van der Waals surface area contributed by atoms with E-state index in [9.17, 15) is 29.1 Å². The number of carboxylic acids is 1. The normalized spacial score (nSPS) is 25.5. The van der Waals surface area contributed by atoms with Crippen molar-refractivity contribution < 1.29 is 29.1 Å². The zero-order valence-corrected chi connectivity index (χ0v) is 13.6. The molecule has 2 atom stereocenters. The highest BCUT2D eigenvalue weighted by Gasteiger charge is 2.53. The Labute approximate surface area is 147 Å². The van der Waals surface area contributed by atoms with Crippen molar-refractivity contribution in [2.45, 2.75) is 18.9 Å². The lowest BCUT2D eigenvalue weighted by molar-refractivity contribution is -0.157. The number of carbonyl (C=O) groups is 5. The first-order valence-corrected chi connectivity index (χ1v) is 8.23. The van der Waals surface area contributed by atoms with Crippen LogP contribution in [0.1, 0.15) is 33.6 Å². The number of hydrogen-bond acceptors (Lipinski definition) is 5. The average molecular weight is 357 g/mol. The van der Waals surface area contributed by atoms with Crippen molar-refractivity contribution >= 4 is 29.6 Å². The molecule has 9 heteroatoms. The Morgan fingerprint density at radius 3 is 2.12 bits per heavy atom. The Kier molecular flexibility index (Phi) is 3.53. The summed E-state index contributed by atoms with van der Waals surface area (Å²) in [5.41, 5.74) is 0.256. The fraction of sp³-hybridized carbons (Fsp3) is 0.353. The molecule has 3 aliphatic heterocycles. The molecule has 1 aromatic carbocycles. The molecule has 134 valence electrons. The third kappa shape index (κ3) is 2.13. The standard InChI is InChI=1S/C17H15N3O6/c21-12-8-11(17(25)26)13(16(24)19-7-3-6-18(12)19)20-14(22)9-4-1-2-5-10(9)15(20)23/h1-2,4-5,11,13H,3,6-8H2,(H,25,26). The van der Waals surface area contributed by atoms with Crippen LogP contribution in [0.25, 0.3) is 0 Å². The number of fused-ring (bicyclic) bond motifs is 2. The predicted octanol–water partition coefficient (Wildman–Crippen LogP) is -0.268. The van der Waals surface area contributed by atoms with Crippen LogP contribution in [0.5, 0.6) is 0 Å². The molecule has 0 aliphatic carbocycles. The molecule has 9 nitrogen and oxygen atoms in total. The number of carboxylic acid groups (broad SMARTS) is 1. The monoisotopic (exact) mass is 357 g/mol. The molecule has 2 saturated heterocycles. The lowest BCUT2D eigenvalue weighted by Gasteiger charge is -2.31. The van der Waals surface area contributed by atoms with Crippen LogP contribution >= 0.6 is 0 Å². The van der Waals surface area contributed by atoms with Crippen LogP contribution in [-0.2, 0) is 14.4 Å². The first-order chi connectivity index (χ1) is 12.4. The fourth-order valence-corrected chi connectivity index (χ4v) is 3.80. The molecule has 1 aromatic rings. The van der Waals surface area contributed by atoms with Crippen LogP contribution in [0, 0.1) is 5.92 Å². The van der Waals surface area contributed by atoms with Gasteiger partial charge in [-0.2, -0.15) is 0 Å². The molecule has 26 heavy (non-hydrogen) atoms. The molecular formula is C17H15N3O6. The summed E-state index contributed by atoms with van der Waals surface area (Å²) in [4.78, 5) is 63.4. The number of amides is 4. The minimum absolute atomic E-state index is 0.128. The van der Waals surface area contributed by atoms with Crippen LogP contribution < -0.4 is 0 Å². The van der Waals surface area contributed by atoms with Crippen molar-refractivity contribution in [2.75, 3.05) is 13.1 Å². The molecule has 0 saturated carbocycles. The first kappa shape index (κ1) is 16.2. The van der Waals surface area contributed by atoms with Gasteiger partial charge in [0.25, 0.3) is 17.7 Å². The first-order valence-electron chi connectivity index (χ1n) is 8.23. The second-order valence-electron chi connectivity index (χ2n) is 6.45. The Balaban J connectivity index is 1.81. The quantitative estimate of drug-likeness (QED) is 0.729. The minimum Gasteiger partial charge on any atom is -0.481 e. The van der Waals surface area contributed by atoms with E-state index in [0.717, 1.165) is 0 Å². The number of carbonyl (C=O) groups excluding carboxylic acids is 4. The Hall–Kier alpha value is -3.23. The predicted molar refractivity (Wildman–Crippen MR) is 84.5 cm³/mol. The van der Waals surface area contributed by atoms with Crippen LogP contribution in [0.4, 0.5) is 0 Å². The minimum atomic E-state index is -1.55. The molecule has 0 radical (unpaired) electrons. The molecule has 2 fully saturated rings. The van der Waals surface area contributed by atoms with Crippen LogP contribution in [-0.4, -0.2) is 68.8 Å². The lowest BCUT2D eigenvalue weighted by Crippen LogP contribution is -2.55. The van der Waals surface area contributed by atoms with Gasteiger partial charge in [0.15, 0.2) is 0 Å². The van der Waals surface area contributed by atoms with E-state index in [1.807, 2.05) is 0 Å². The Morgan fingerprint density at radius 1 is 0.962 bits per heavy atom. The van der Waals surface area contributed by atoms with Gasteiger partial charge >= 0.3 is 5.97 Å². The van der Waals surface area contributed by atoms with Crippen molar-refractivity contribution in [3.63, 3.8) is 0 Å². The molecule has 2 unspecified atom stereocenters. The largest absolute Gasteiger partial charge is 0.481 e. The van der Waals surface area contributed by atoms with Gasteiger partial charge in [-0.15, -0.1) is 0 Å². The summed E-state index contributed by atoms with van der Waals surface area (Å²) in [6.45, 7) is 0.558. The topological polar surface area (TPSA) is 115 Å². The summed E-state index contributed by atoms with van der Waals surface area (Å²) < 4.78 is 0. The van der Waals surface area contributed by atoms with Gasteiger partial charge in [-0.05, 0) is 18.6 Å². The number of hydrogen-bond donors (Lipinski definition) is 1. The molecular weight excluding hydrogens is 342 g/mol. The lowest BCUT2D eigenvalue weighted by atomic mass is 9.93. The van der Waals surface area contributed by atoms with E-state index in [1.165, 1.54) is 22.2 Å². The maximum atomic E-state index is 13.0. The summed E-state index contributed by atoms with van der Waals surface area (Å²) in [5.74, 6) is -5.51. The van der Waals surface area contributed by atoms with Gasteiger partial charge < -0.3 is 5.11 Å². The highest BCUT2D eigenvalue weighted by Crippen LogP contribution is 2.33. The van der Waals surface area contributed by atoms with E-state index in [2.05, 4.69) is 0 Å². The number of hydrazine groups is 1. The third-order valence-corrected chi connectivity index (χ3v) is 5.02. The summed E-state index contributed by atoms with van der Waals surface area (Å²) >= 11 is 0. The summed E-state index contributed by atoms with van der Waals surface area (Å²) in [7, 11) is 0. The average Bonchev–Trinajstić information content (AvgIpc) is 3.17. The molecule has 0 aromatic heterocycles. The highest BCUT2D eigenvalue weighted by atomic mass is 16.4. The Morgan fingerprint density at radius 2 is 1.54 bits per heavy atom. The van der Waals surface area contributed by atoms with Crippen molar-refractivity contribution in [1.82, 2.24) is 14.9 Å². The van der Waals surface area contributed by atoms with Gasteiger partial charge in [-0.1, -0.05) is 12.1 Å². The molecule has 3 aliphatic rings. The van der Waals surface area contributed by atoms with Crippen LogP contribution in [0.3, 0.4) is 0 Å². The molecule has 4 amide bonds. The van der Waals surface area contributed by atoms with E-state index in [-0.39, 0.29) is 17.7 Å². The number of nitrogens with zero attached hydrogens (tertiary/aromatic N) is 3. The molecule has 3 heterocycles. The van der Waals surface area contributed by atoms with E-state index in [1.54, 1.807) is 12.1 Å². The zero-order valence-electron chi connectivity index (χ0n) is 13.6. The van der Waals surface area contributed by atoms with Gasteiger partial charge in [0.2, 0.25) is 5.91 Å². The summed E-state index contributed by atoms with van der Waals surface area (Å²) in [6.07, 6.45) is 0.111. The van der Waals surface area contributed by atoms with Gasteiger partial charge in [0.05, 0.1) is 17.0 Å². The van der Waals surface area contributed by atoms with E-state index < -0.39 is 48.0 Å². The van der Waals surface area contributed by atoms with Gasteiger partial charge in [0.1, 0.15) is 6.04 Å². The van der Waals surface area contributed by atoms with Crippen molar-refractivity contribution in [3.8, 4) is 0 Å². The van der Waals surface area contributed by atoms with Crippen molar-refractivity contribution in [1.29, 1.82) is 0 Å². The van der Waals surface area contributed by atoms with Crippen molar-refractivity contribution in [2.24, 2.45) is 5.92 Å². The SMILES string of the molecule is O=C(O)C1CC(=O)N2CCCN2C(=O)C1N1C(=O)c2ccccc2C1=O. The van der Waals surface area contributed by atoms with Gasteiger partial charge in [-0.3, -0.25) is 33.9 Å². The maximum Gasteiger partial charge on any atom is 0.309 e. The molecule has 1 N–H and O–H groups in total. The number of aliphatic carboxylic acids is 1. The Bertz CT molecular complexity index is 831. The zero-order chi connectivity index (χ0) is 18.6. The highest BCUT2D eigenvalue weighted by molar-refractivity contribution is 6.23. The third-order valence-electron chi connectivity index (χ3n) is 5.02. The van der Waals surface area contributed by atoms with Crippen LogP contribution in [0.2, 0.25) is 0 Å². The van der Waals surface area contributed by atoms with E-state index >= 15 is 0 Å². The van der Waals surface area contributed by atoms with Crippen LogP contribution in [0.15, 0.2) is 24.3 Å². The number of rotatable bonds is 2. The van der Waals surface area contributed by atoms with E-state index in [4.69, 9.17) is 0 Å². The molecule has 4 rings (SSSR count). The smallest absolute Gasteiger partial charge is 0.309 e. The maximum absolute atomic E-state index is 13.0. The van der Waals surface area contributed by atoms with Gasteiger partial charge in [0, 0.05) is 19.5 Å². The second kappa shape index (κ2) is 5.65. The van der Waals surface area contributed by atoms with Crippen molar-refractivity contribution in [3.05, 3.63) is 35.4 Å². The second-order valence-corrected chi connectivity index (χ2v) is 6.45. The number of imide groups is 1. The van der Waals surface area contributed by atoms with E-state index in [0.29, 0.717) is 17.9 Å². The summed E-state index contributed by atoms with van der Waals surface area (Å²) in [6, 6.07) is 4.54.